The molecule has 0 fully saturated rings. The van der Waals surface area contributed by atoms with E-state index in [1.807, 2.05) is 30.3 Å². The van der Waals surface area contributed by atoms with Crippen LogP contribution in [0.15, 0.2) is 71.6 Å². The summed E-state index contributed by atoms with van der Waals surface area (Å²) in [4.78, 5) is 2.70. The highest BCUT2D eigenvalue weighted by Gasteiger charge is 2.30. The summed E-state index contributed by atoms with van der Waals surface area (Å²) in [6, 6.07) is 21.8. The van der Waals surface area contributed by atoms with Gasteiger partial charge in [0.05, 0.1) is 25.2 Å². The van der Waals surface area contributed by atoms with Crippen LogP contribution in [-0.4, -0.2) is 52.5 Å². The molecule has 1 aliphatic heterocycles. The predicted molar refractivity (Wildman–Crippen MR) is 129 cm³/mol. The molecule has 1 unspecified atom stereocenters. The molecule has 1 aliphatic rings. The van der Waals surface area contributed by atoms with Crippen molar-refractivity contribution >= 4 is 10.0 Å². The third-order valence-electron chi connectivity index (χ3n) is 6.15. The molecule has 174 valence electrons. The van der Waals surface area contributed by atoms with Gasteiger partial charge in [0, 0.05) is 27.2 Å². The standard InChI is InChI=1S/C26H30N2O4S/c1-27(2)33(29,30)22-12-8-9-19(15-22)18-28-14-13-21-16-24(31-3)25(32-4)17-23(21)26(28)20-10-6-5-7-11-20/h5-12,15-17,26H,13-14,18H2,1-4H3. The fourth-order valence-corrected chi connectivity index (χ4v) is 5.42. The van der Waals surface area contributed by atoms with Gasteiger partial charge in [-0.3, -0.25) is 4.90 Å². The van der Waals surface area contributed by atoms with Crippen LogP contribution in [0.4, 0.5) is 0 Å². The highest BCUT2D eigenvalue weighted by atomic mass is 32.2. The number of benzene rings is 3. The van der Waals surface area contributed by atoms with Crippen molar-refractivity contribution in [2.24, 2.45) is 0 Å². The van der Waals surface area contributed by atoms with E-state index in [1.54, 1.807) is 40.4 Å². The molecule has 0 aliphatic carbocycles. The van der Waals surface area contributed by atoms with Crippen molar-refractivity contribution in [3.63, 3.8) is 0 Å². The average Bonchev–Trinajstić information content (AvgIpc) is 2.83. The summed E-state index contributed by atoms with van der Waals surface area (Å²) in [5.41, 5.74) is 4.56. The second kappa shape index (κ2) is 9.55. The van der Waals surface area contributed by atoms with Gasteiger partial charge in [0.1, 0.15) is 0 Å². The monoisotopic (exact) mass is 466 g/mol. The van der Waals surface area contributed by atoms with Crippen LogP contribution >= 0.6 is 0 Å². The molecule has 0 radical (unpaired) electrons. The highest BCUT2D eigenvalue weighted by molar-refractivity contribution is 7.89. The van der Waals surface area contributed by atoms with Gasteiger partial charge in [-0.2, -0.15) is 0 Å². The van der Waals surface area contributed by atoms with Crippen LogP contribution in [0.2, 0.25) is 0 Å². The van der Waals surface area contributed by atoms with E-state index in [0.717, 1.165) is 24.3 Å². The van der Waals surface area contributed by atoms with Crippen molar-refractivity contribution in [2.75, 3.05) is 34.9 Å². The number of sulfonamides is 1. The van der Waals surface area contributed by atoms with E-state index in [4.69, 9.17) is 9.47 Å². The molecule has 0 spiro atoms. The Kier molecular flexibility index (Phi) is 6.74. The van der Waals surface area contributed by atoms with Gasteiger partial charge in [-0.05, 0) is 52.9 Å². The molecule has 0 saturated carbocycles. The van der Waals surface area contributed by atoms with Gasteiger partial charge < -0.3 is 9.47 Å². The second-order valence-corrected chi connectivity index (χ2v) is 10.5. The van der Waals surface area contributed by atoms with E-state index < -0.39 is 10.0 Å². The van der Waals surface area contributed by atoms with E-state index in [-0.39, 0.29) is 6.04 Å². The molecule has 0 aromatic heterocycles. The summed E-state index contributed by atoms with van der Waals surface area (Å²) in [6.07, 6.45) is 0.870. The largest absolute Gasteiger partial charge is 0.493 e. The number of hydrogen-bond acceptors (Lipinski definition) is 5. The number of rotatable bonds is 7. The number of nitrogens with zero attached hydrogens (tertiary/aromatic N) is 2. The Morgan fingerprint density at radius 1 is 0.939 bits per heavy atom. The molecular weight excluding hydrogens is 436 g/mol. The highest BCUT2D eigenvalue weighted by Crippen LogP contribution is 2.41. The maximum Gasteiger partial charge on any atom is 0.242 e. The zero-order valence-corrected chi connectivity index (χ0v) is 20.3. The van der Waals surface area contributed by atoms with E-state index in [1.165, 1.54) is 21.0 Å². The molecule has 0 amide bonds. The number of hydrogen-bond donors (Lipinski definition) is 0. The van der Waals surface area contributed by atoms with Crippen molar-refractivity contribution in [1.82, 2.24) is 9.21 Å². The Morgan fingerprint density at radius 2 is 1.64 bits per heavy atom. The lowest BCUT2D eigenvalue weighted by Crippen LogP contribution is -2.35. The number of fused-ring (bicyclic) bond motifs is 1. The number of methoxy groups -OCH3 is 2. The van der Waals surface area contributed by atoms with Crippen LogP contribution in [0.1, 0.15) is 28.3 Å². The van der Waals surface area contributed by atoms with Gasteiger partial charge in [0.25, 0.3) is 0 Å². The molecular formula is C26H30N2O4S. The van der Waals surface area contributed by atoms with Crippen LogP contribution in [0, 0.1) is 0 Å². The molecule has 7 heteroatoms. The van der Waals surface area contributed by atoms with Crippen molar-refractivity contribution < 1.29 is 17.9 Å². The summed E-state index contributed by atoms with van der Waals surface area (Å²) in [6.45, 7) is 1.47. The van der Waals surface area contributed by atoms with Gasteiger partial charge in [-0.1, -0.05) is 42.5 Å². The fourth-order valence-electron chi connectivity index (χ4n) is 4.44. The van der Waals surface area contributed by atoms with Gasteiger partial charge in [0.15, 0.2) is 11.5 Å². The molecule has 0 N–H and O–H groups in total. The molecule has 0 saturated heterocycles. The van der Waals surface area contributed by atoms with Gasteiger partial charge in [-0.15, -0.1) is 0 Å². The van der Waals surface area contributed by atoms with Crippen LogP contribution in [0.5, 0.6) is 11.5 Å². The maximum absolute atomic E-state index is 12.6. The lowest BCUT2D eigenvalue weighted by atomic mass is 9.87. The fraction of sp³-hybridized carbons (Fsp3) is 0.308. The van der Waals surface area contributed by atoms with E-state index in [2.05, 4.69) is 29.2 Å². The average molecular weight is 467 g/mol. The first-order chi connectivity index (χ1) is 15.8. The SMILES string of the molecule is COc1cc2c(cc1OC)C(c1ccccc1)N(Cc1cccc(S(=O)(=O)N(C)C)c1)CC2. The molecule has 3 aromatic carbocycles. The first-order valence-corrected chi connectivity index (χ1v) is 12.3. The summed E-state index contributed by atoms with van der Waals surface area (Å²) in [5.74, 6) is 1.44. The zero-order chi connectivity index (χ0) is 23.6. The summed E-state index contributed by atoms with van der Waals surface area (Å²) in [7, 11) is 2.93. The van der Waals surface area contributed by atoms with Gasteiger partial charge in [-0.25, -0.2) is 12.7 Å². The lowest BCUT2D eigenvalue weighted by molar-refractivity contribution is 0.203. The third kappa shape index (κ3) is 4.62. The minimum Gasteiger partial charge on any atom is -0.493 e. The zero-order valence-electron chi connectivity index (χ0n) is 19.5. The summed E-state index contributed by atoms with van der Waals surface area (Å²) >= 11 is 0. The third-order valence-corrected chi connectivity index (χ3v) is 7.96. The molecule has 4 rings (SSSR count). The lowest BCUT2D eigenvalue weighted by Gasteiger charge is -2.38. The van der Waals surface area contributed by atoms with E-state index in [9.17, 15) is 8.42 Å². The van der Waals surface area contributed by atoms with Crippen LogP contribution in [-0.2, 0) is 23.0 Å². The van der Waals surface area contributed by atoms with Crippen molar-refractivity contribution in [2.45, 2.75) is 23.9 Å². The van der Waals surface area contributed by atoms with Crippen molar-refractivity contribution in [3.8, 4) is 11.5 Å². The Morgan fingerprint density at radius 3 is 2.30 bits per heavy atom. The summed E-state index contributed by atoms with van der Waals surface area (Å²) < 4.78 is 37.7. The topological polar surface area (TPSA) is 59.1 Å². The first kappa shape index (κ1) is 23.3. The normalized spacial score (nSPS) is 16.5. The van der Waals surface area contributed by atoms with Gasteiger partial charge in [0.2, 0.25) is 10.0 Å². The first-order valence-electron chi connectivity index (χ1n) is 10.9. The van der Waals surface area contributed by atoms with Gasteiger partial charge >= 0.3 is 0 Å². The molecule has 1 heterocycles. The number of ether oxygens (including phenoxy) is 2. The molecule has 6 nitrogen and oxygen atoms in total. The Bertz CT molecular complexity index is 1230. The Balaban J connectivity index is 1.75. The molecule has 3 aromatic rings. The summed E-state index contributed by atoms with van der Waals surface area (Å²) in [5, 5.41) is 0. The smallest absolute Gasteiger partial charge is 0.242 e. The quantitative estimate of drug-likeness (QED) is 0.525. The van der Waals surface area contributed by atoms with Crippen molar-refractivity contribution in [1.29, 1.82) is 0 Å². The molecule has 1 atom stereocenters. The molecule has 0 bridgehead atoms. The Labute approximate surface area is 196 Å². The molecule has 33 heavy (non-hydrogen) atoms. The van der Waals surface area contributed by atoms with Crippen LogP contribution < -0.4 is 9.47 Å². The maximum atomic E-state index is 12.6. The van der Waals surface area contributed by atoms with E-state index >= 15 is 0 Å². The van der Waals surface area contributed by atoms with Crippen LogP contribution in [0.25, 0.3) is 0 Å². The minimum atomic E-state index is -3.49. The van der Waals surface area contributed by atoms with Crippen LogP contribution in [0.3, 0.4) is 0 Å². The second-order valence-electron chi connectivity index (χ2n) is 8.37. The Hall–Kier alpha value is -2.87. The van der Waals surface area contributed by atoms with E-state index in [0.29, 0.717) is 17.2 Å². The minimum absolute atomic E-state index is 0.0175. The van der Waals surface area contributed by atoms with Crippen molar-refractivity contribution in [3.05, 3.63) is 89.0 Å². The predicted octanol–water partition coefficient (Wildman–Crippen LogP) is 4.10.